The highest BCUT2D eigenvalue weighted by molar-refractivity contribution is 6.64. The van der Waals surface area contributed by atoms with Gasteiger partial charge in [0.05, 0.1) is 0 Å². The molecule has 0 aromatic carbocycles. The van der Waals surface area contributed by atoms with E-state index in [1.54, 1.807) is 6.92 Å². The second kappa shape index (κ2) is 4.14. The molecule has 0 spiro atoms. The Kier molecular flexibility index (Phi) is 3.13. The number of hydrogen-bond acceptors (Lipinski definition) is 5. The molecule has 0 aliphatic rings. The number of carbonyl (C=O) groups is 2. The van der Waals surface area contributed by atoms with Crippen LogP contribution in [-0.2, 0) is 9.59 Å². The lowest BCUT2D eigenvalue weighted by Gasteiger charge is -2.17. The molecule has 0 atom stereocenters. The van der Waals surface area contributed by atoms with E-state index in [9.17, 15) is 9.59 Å². The van der Waals surface area contributed by atoms with Gasteiger partial charge in [0.15, 0.2) is 5.82 Å². The third kappa shape index (κ3) is 2.25. The molecule has 1 heterocycles. The van der Waals surface area contributed by atoms with E-state index >= 15 is 0 Å². The Morgan fingerprint density at radius 2 is 2.21 bits per heavy atom. The van der Waals surface area contributed by atoms with Crippen molar-refractivity contribution in [2.45, 2.75) is 13.8 Å². The summed E-state index contributed by atoms with van der Waals surface area (Å²) in [5.74, 6) is 0.0347. The number of nitrogens with zero attached hydrogens (tertiary/aromatic N) is 5. The van der Waals surface area contributed by atoms with Crippen molar-refractivity contribution >= 4 is 22.8 Å². The lowest BCUT2D eigenvalue weighted by molar-refractivity contribution is -0.120. The average Bonchev–Trinajstić information content (AvgIpc) is 2.46. The van der Waals surface area contributed by atoms with E-state index in [0.717, 1.165) is 9.80 Å². The Balaban J connectivity index is 2.94. The summed E-state index contributed by atoms with van der Waals surface area (Å²) in [6, 6.07) is 0. The van der Waals surface area contributed by atoms with Gasteiger partial charge in [-0.15, -0.1) is 9.89 Å². The molecule has 76 valence electrons. The molecule has 0 unspecified atom stereocenters. The van der Waals surface area contributed by atoms with E-state index in [2.05, 4.69) is 15.5 Å². The van der Waals surface area contributed by atoms with Crippen molar-refractivity contribution in [3.63, 3.8) is 0 Å². The molecule has 1 rings (SSSR count). The zero-order valence-corrected chi connectivity index (χ0v) is 8.39. The molecule has 0 aliphatic heterocycles. The SMILES string of the molecule is CC(=O)N(CC(=O)Cl)n1nnnc1C. The van der Waals surface area contributed by atoms with Gasteiger partial charge in [0.1, 0.15) is 6.54 Å². The fraction of sp³-hybridized carbons (Fsp3) is 0.500. The minimum absolute atomic E-state index is 0.261. The van der Waals surface area contributed by atoms with Crippen LogP contribution in [0.1, 0.15) is 12.7 Å². The van der Waals surface area contributed by atoms with Gasteiger partial charge in [0, 0.05) is 6.92 Å². The summed E-state index contributed by atoms with van der Waals surface area (Å²) in [4.78, 5) is 22.9. The Labute approximate surface area is 84.6 Å². The van der Waals surface area contributed by atoms with Crippen molar-refractivity contribution < 1.29 is 9.59 Å². The second-order valence-electron chi connectivity index (χ2n) is 2.55. The summed E-state index contributed by atoms with van der Waals surface area (Å²) in [6.07, 6.45) is 0. The van der Waals surface area contributed by atoms with Crippen LogP contribution >= 0.6 is 11.6 Å². The predicted octanol–water partition coefficient (Wildman–Crippen LogP) is -0.769. The lowest BCUT2D eigenvalue weighted by Crippen LogP contribution is -2.43. The van der Waals surface area contributed by atoms with E-state index in [0.29, 0.717) is 5.82 Å². The molecule has 0 radical (unpaired) electrons. The quantitative estimate of drug-likeness (QED) is 0.621. The van der Waals surface area contributed by atoms with Crippen molar-refractivity contribution in [2.24, 2.45) is 0 Å². The summed E-state index contributed by atoms with van der Waals surface area (Å²) in [6.45, 7) is 2.64. The topological polar surface area (TPSA) is 81.0 Å². The van der Waals surface area contributed by atoms with Crippen LogP contribution in [0.3, 0.4) is 0 Å². The largest absolute Gasteiger partial charge is 0.279 e. The third-order valence-electron chi connectivity index (χ3n) is 1.47. The Hall–Kier alpha value is -1.50. The van der Waals surface area contributed by atoms with Crippen molar-refractivity contribution in [3.8, 4) is 0 Å². The zero-order chi connectivity index (χ0) is 10.7. The first-order valence-corrected chi connectivity index (χ1v) is 4.12. The van der Waals surface area contributed by atoms with E-state index in [1.807, 2.05) is 0 Å². The van der Waals surface area contributed by atoms with E-state index in [-0.39, 0.29) is 12.5 Å². The van der Waals surface area contributed by atoms with Crippen LogP contribution in [0.25, 0.3) is 0 Å². The highest BCUT2D eigenvalue weighted by Gasteiger charge is 2.17. The zero-order valence-electron chi connectivity index (χ0n) is 7.64. The second-order valence-corrected chi connectivity index (χ2v) is 2.97. The predicted molar refractivity (Wildman–Crippen MR) is 47.2 cm³/mol. The minimum Gasteiger partial charge on any atom is -0.279 e. The first-order chi connectivity index (χ1) is 6.52. The number of amides is 1. The number of tetrazole rings is 1. The van der Waals surface area contributed by atoms with Gasteiger partial charge in [-0.05, 0) is 29.0 Å². The number of hydrogen-bond donors (Lipinski definition) is 0. The summed E-state index contributed by atoms with van der Waals surface area (Å²) < 4.78 is 0. The van der Waals surface area contributed by atoms with Crippen LogP contribution in [0.4, 0.5) is 0 Å². The van der Waals surface area contributed by atoms with Crippen molar-refractivity contribution in [1.82, 2.24) is 20.3 Å². The highest BCUT2D eigenvalue weighted by Crippen LogP contribution is 1.95. The monoisotopic (exact) mass is 217 g/mol. The van der Waals surface area contributed by atoms with Crippen molar-refractivity contribution in [3.05, 3.63) is 5.82 Å². The molecule has 0 fully saturated rings. The molecule has 1 aromatic heterocycles. The number of carbonyl (C=O) groups excluding carboxylic acids is 2. The molecular weight excluding hydrogens is 210 g/mol. The molecule has 1 amide bonds. The van der Waals surface area contributed by atoms with E-state index in [1.165, 1.54) is 6.92 Å². The molecule has 0 N–H and O–H groups in total. The first kappa shape index (κ1) is 10.6. The van der Waals surface area contributed by atoms with Gasteiger partial charge >= 0.3 is 0 Å². The Bertz CT molecular complexity index is 363. The molecule has 1 aromatic rings. The maximum atomic E-state index is 11.1. The van der Waals surface area contributed by atoms with Crippen LogP contribution in [0.5, 0.6) is 0 Å². The molecule has 7 nitrogen and oxygen atoms in total. The molecule has 0 saturated heterocycles. The van der Waals surface area contributed by atoms with Gasteiger partial charge in [-0.1, -0.05) is 0 Å². The van der Waals surface area contributed by atoms with Crippen LogP contribution in [-0.4, -0.2) is 38.0 Å². The number of rotatable bonds is 3. The van der Waals surface area contributed by atoms with Crippen LogP contribution in [0, 0.1) is 6.92 Å². The number of halogens is 1. The van der Waals surface area contributed by atoms with Gasteiger partial charge in [-0.2, -0.15) is 0 Å². The summed E-state index contributed by atoms with van der Waals surface area (Å²) >= 11 is 5.17. The maximum Gasteiger partial charge on any atom is 0.243 e. The highest BCUT2D eigenvalue weighted by atomic mass is 35.5. The van der Waals surface area contributed by atoms with Crippen LogP contribution < -0.4 is 5.01 Å². The van der Waals surface area contributed by atoms with Crippen molar-refractivity contribution in [1.29, 1.82) is 0 Å². The van der Waals surface area contributed by atoms with Gasteiger partial charge in [0.25, 0.3) is 0 Å². The standard InChI is InChI=1S/C6H8ClN5O2/c1-4-8-9-10-12(4)11(5(2)13)3-6(7)14/h3H2,1-2H3. The van der Waals surface area contributed by atoms with Gasteiger partial charge in [0.2, 0.25) is 11.1 Å². The summed E-state index contributed by atoms with van der Waals surface area (Å²) in [7, 11) is 0. The molecule has 14 heavy (non-hydrogen) atoms. The van der Waals surface area contributed by atoms with Crippen molar-refractivity contribution in [2.75, 3.05) is 11.6 Å². The molecule has 0 saturated carbocycles. The fourth-order valence-corrected chi connectivity index (χ4v) is 0.993. The fourth-order valence-electron chi connectivity index (χ4n) is 0.880. The number of aromatic nitrogens is 4. The van der Waals surface area contributed by atoms with Crippen LogP contribution in [0.15, 0.2) is 0 Å². The van der Waals surface area contributed by atoms with Gasteiger partial charge < -0.3 is 0 Å². The van der Waals surface area contributed by atoms with Crippen LogP contribution in [0.2, 0.25) is 0 Å². The Morgan fingerprint density at radius 1 is 1.57 bits per heavy atom. The maximum absolute atomic E-state index is 11.1. The molecule has 0 aliphatic carbocycles. The summed E-state index contributed by atoms with van der Waals surface area (Å²) in [5, 5.41) is 10.9. The normalized spacial score (nSPS) is 9.93. The molecule has 0 bridgehead atoms. The van der Waals surface area contributed by atoms with Gasteiger partial charge in [-0.25, -0.2) is 5.01 Å². The third-order valence-corrected chi connectivity index (χ3v) is 1.59. The van der Waals surface area contributed by atoms with E-state index in [4.69, 9.17) is 11.6 Å². The minimum atomic E-state index is -0.657. The van der Waals surface area contributed by atoms with Gasteiger partial charge in [-0.3, -0.25) is 9.59 Å². The lowest BCUT2D eigenvalue weighted by atomic mass is 10.6. The summed E-state index contributed by atoms with van der Waals surface area (Å²) in [5.41, 5.74) is 0. The first-order valence-electron chi connectivity index (χ1n) is 3.74. The molecule has 8 heteroatoms. The Morgan fingerprint density at radius 3 is 2.57 bits per heavy atom. The molecular formula is C6H8ClN5O2. The number of aryl methyl sites for hydroxylation is 1. The smallest absolute Gasteiger partial charge is 0.243 e. The van der Waals surface area contributed by atoms with E-state index < -0.39 is 5.24 Å². The average molecular weight is 218 g/mol.